The number of carbonyl (C=O) groups excluding carboxylic acids is 1. The predicted octanol–water partition coefficient (Wildman–Crippen LogP) is 1.41. The Kier molecular flexibility index (Phi) is 5.19. The Labute approximate surface area is 150 Å². The van der Waals surface area contributed by atoms with Gasteiger partial charge in [0.05, 0.1) is 10.6 Å². The number of nitrogens with one attached hydrogen (secondary N) is 1. The minimum Gasteiger partial charge on any atom is -0.322 e. The van der Waals surface area contributed by atoms with E-state index in [-0.39, 0.29) is 10.6 Å². The van der Waals surface area contributed by atoms with E-state index in [0.29, 0.717) is 13.1 Å². The van der Waals surface area contributed by atoms with Crippen LogP contribution in [0.4, 0.5) is 10.1 Å². The summed E-state index contributed by atoms with van der Waals surface area (Å²) in [7, 11) is -3.70. The number of rotatable bonds is 5. The molecule has 0 atom stereocenters. The summed E-state index contributed by atoms with van der Waals surface area (Å²) in [4.78, 5) is 24.0. The van der Waals surface area contributed by atoms with Crippen LogP contribution in [0.15, 0.2) is 52.3 Å². The van der Waals surface area contributed by atoms with Crippen molar-refractivity contribution in [1.29, 1.82) is 0 Å². The first-order chi connectivity index (χ1) is 12.4. The number of hydrogen-bond acceptors (Lipinski definition) is 4. The summed E-state index contributed by atoms with van der Waals surface area (Å²) in [5.41, 5.74) is -0.527. The van der Waals surface area contributed by atoms with Gasteiger partial charge in [-0.1, -0.05) is 12.1 Å². The molecule has 2 heterocycles. The molecular formula is C17H18FN3O4S. The fourth-order valence-electron chi connectivity index (χ4n) is 2.77. The molecule has 0 aliphatic carbocycles. The van der Waals surface area contributed by atoms with E-state index in [1.54, 1.807) is 6.07 Å². The minimum atomic E-state index is -3.70. The summed E-state index contributed by atoms with van der Waals surface area (Å²) < 4.78 is 41.1. The fraction of sp³-hybridized carbons (Fsp3) is 0.294. The van der Waals surface area contributed by atoms with E-state index in [0.717, 1.165) is 29.7 Å². The highest BCUT2D eigenvalue weighted by atomic mass is 32.2. The second-order valence-electron chi connectivity index (χ2n) is 5.97. The molecule has 1 N–H and O–H groups in total. The van der Waals surface area contributed by atoms with Crippen LogP contribution in [-0.4, -0.2) is 36.3 Å². The number of benzene rings is 1. The lowest BCUT2D eigenvalue weighted by Gasteiger charge is -2.16. The summed E-state index contributed by atoms with van der Waals surface area (Å²) in [6.45, 7) is 0.459. The van der Waals surface area contributed by atoms with E-state index in [4.69, 9.17) is 0 Å². The van der Waals surface area contributed by atoms with E-state index in [1.807, 2.05) is 0 Å². The van der Waals surface area contributed by atoms with Crippen LogP contribution < -0.4 is 10.9 Å². The quantitative estimate of drug-likeness (QED) is 0.851. The van der Waals surface area contributed by atoms with Gasteiger partial charge in [-0.3, -0.25) is 9.59 Å². The summed E-state index contributed by atoms with van der Waals surface area (Å²) in [5.74, 6) is -1.23. The molecule has 26 heavy (non-hydrogen) atoms. The third-order valence-corrected chi connectivity index (χ3v) is 6.00. The zero-order valence-electron chi connectivity index (χ0n) is 13.9. The number of aromatic nitrogens is 1. The molecule has 1 aliphatic heterocycles. The van der Waals surface area contributed by atoms with E-state index in [9.17, 15) is 22.4 Å². The monoisotopic (exact) mass is 379 g/mol. The number of nitrogens with zero attached hydrogens (tertiary/aromatic N) is 2. The van der Waals surface area contributed by atoms with Crippen molar-refractivity contribution in [3.05, 3.63) is 58.8 Å². The summed E-state index contributed by atoms with van der Waals surface area (Å²) in [5, 5.41) is 2.37. The van der Waals surface area contributed by atoms with Crippen molar-refractivity contribution in [1.82, 2.24) is 8.87 Å². The summed E-state index contributed by atoms with van der Waals surface area (Å²) in [6.07, 6.45) is 2.74. The van der Waals surface area contributed by atoms with E-state index in [2.05, 4.69) is 5.32 Å². The third-order valence-electron chi connectivity index (χ3n) is 4.12. The standard InChI is InChI=1S/C17H18FN3O4S/c18-14-5-1-2-6-15(14)19-16(22)12-20-11-13(7-8-17(20)23)26(24,25)21-9-3-4-10-21/h1-2,5-8,11H,3-4,9-10,12H2,(H,19,22). The van der Waals surface area contributed by atoms with Crippen molar-refractivity contribution in [3.8, 4) is 0 Å². The summed E-state index contributed by atoms with van der Waals surface area (Å²) >= 11 is 0. The lowest BCUT2D eigenvalue weighted by Crippen LogP contribution is -2.31. The van der Waals surface area contributed by atoms with E-state index in [1.165, 1.54) is 28.6 Å². The van der Waals surface area contributed by atoms with Gasteiger partial charge in [0.1, 0.15) is 12.4 Å². The number of halogens is 1. The molecular weight excluding hydrogens is 361 g/mol. The Morgan fingerprint density at radius 1 is 1.12 bits per heavy atom. The Hall–Kier alpha value is -2.52. The molecule has 1 saturated heterocycles. The SMILES string of the molecule is O=C(Cn1cc(S(=O)(=O)N2CCCC2)ccc1=O)Nc1ccccc1F. The van der Waals surface area contributed by atoms with Crippen LogP contribution in [0.2, 0.25) is 0 Å². The number of anilines is 1. The van der Waals surface area contributed by atoms with Gasteiger partial charge < -0.3 is 9.88 Å². The third kappa shape index (κ3) is 3.83. The molecule has 1 aromatic carbocycles. The Bertz CT molecular complexity index is 981. The molecule has 0 bridgehead atoms. The summed E-state index contributed by atoms with van der Waals surface area (Å²) in [6, 6.07) is 7.99. The zero-order chi connectivity index (χ0) is 18.7. The molecule has 7 nitrogen and oxygen atoms in total. The van der Waals surface area contributed by atoms with Crippen LogP contribution >= 0.6 is 0 Å². The largest absolute Gasteiger partial charge is 0.322 e. The highest BCUT2D eigenvalue weighted by molar-refractivity contribution is 7.89. The lowest BCUT2D eigenvalue weighted by molar-refractivity contribution is -0.116. The van der Waals surface area contributed by atoms with Crippen molar-refractivity contribution < 1.29 is 17.6 Å². The van der Waals surface area contributed by atoms with Gasteiger partial charge in [0, 0.05) is 25.4 Å². The van der Waals surface area contributed by atoms with Gasteiger partial charge in [-0.25, -0.2) is 12.8 Å². The van der Waals surface area contributed by atoms with Crippen molar-refractivity contribution in [2.24, 2.45) is 0 Å². The van der Waals surface area contributed by atoms with E-state index < -0.39 is 33.9 Å². The average Bonchev–Trinajstić information content (AvgIpc) is 3.14. The molecule has 1 aliphatic rings. The maximum Gasteiger partial charge on any atom is 0.251 e. The van der Waals surface area contributed by atoms with Gasteiger partial charge in [-0.15, -0.1) is 0 Å². The first-order valence-electron chi connectivity index (χ1n) is 8.13. The molecule has 0 unspecified atom stereocenters. The number of amides is 1. The van der Waals surface area contributed by atoms with Gasteiger partial charge in [0.15, 0.2) is 0 Å². The van der Waals surface area contributed by atoms with Gasteiger partial charge in [0.25, 0.3) is 5.56 Å². The maximum absolute atomic E-state index is 13.6. The second kappa shape index (κ2) is 7.38. The first kappa shape index (κ1) is 18.3. The van der Waals surface area contributed by atoms with Crippen LogP contribution in [0.5, 0.6) is 0 Å². The first-order valence-corrected chi connectivity index (χ1v) is 9.57. The molecule has 0 saturated carbocycles. The molecule has 1 fully saturated rings. The van der Waals surface area contributed by atoms with Crippen LogP contribution in [0.1, 0.15) is 12.8 Å². The molecule has 9 heteroatoms. The zero-order valence-corrected chi connectivity index (χ0v) is 14.7. The number of carbonyl (C=O) groups is 1. The van der Waals surface area contributed by atoms with E-state index >= 15 is 0 Å². The number of hydrogen-bond donors (Lipinski definition) is 1. The normalized spacial score (nSPS) is 15.1. The van der Waals surface area contributed by atoms with Crippen molar-refractivity contribution in [3.63, 3.8) is 0 Å². The van der Waals surface area contributed by atoms with Crippen molar-refractivity contribution >= 4 is 21.6 Å². The highest BCUT2D eigenvalue weighted by Crippen LogP contribution is 2.19. The van der Waals surface area contributed by atoms with Crippen LogP contribution in [0, 0.1) is 5.82 Å². The maximum atomic E-state index is 13.6. The Morgan fingerprint density at radius 2 is 1.81 bits per heavy atom. The molecule has 0 spiro atoms. The van der Waals surface area contributed by atoms with Gasteiger partial charge in [0.2, 0.25) is 15.9 Å². The Balaban J connectivity index is 1.81. The van der Waals surface area contributed by atoms with Gasteiger partial charge in [-0.05, 0) is 31.0 Å². The molecule has 0 radical (unpaired) electrons. The molecule has 3 rings (SSSR count). The fourth-order valence-corrected chi connectivity index (χ4v) is 4.31. The van der Waals surface area contributed by atoms with Crippen LogP contribution in [0.3, 0.4) is 0 Å². The molecule has 2 aromatic rings. The van der Waals surface area contributed by atoms with Gasteiger partial charge in [-0.2, -0.15) is 4.31 Å². The van der Waals surface area contributed by atoms with Crippen LogP contribution in [0.25, 0.3) is 0 Å². The molecule has 1 aromatic heterocycles. The minimum absolute atomic E-state index is 0.00797. The highest BCUT2D eigenvalue weighted by Gasteiger charge is 2.27. The number of para-hydroxylation sites is 1. The second-order valence-corrected chi connectivity index (χ2v) is 7.91. The van der Waals surface area contributed by atoms with Crippen molar-refractivity contribution in [2.45, 2.75) is 24.3 Å². The van der Waals surface area contributed by atoms with Gasteiger partial charge >= 0.3 is 0 Å². The predicted molar refractivity (Wildman–Crippen MR) is 93.7 cm³/mol. The number of pyridine rings is 1. The Morgan fingerprint density at radius 3 is 2.50 bits per heavy atom. The van der Waals surface area contributed by atoms with Crippen LogP contribution in [-0.2, 0) is 21.4 Å². The lowest BCUT2D eigenvalue weighted by atomic mass is 10.3. The molecule has 1 amide bonds. The smallest absolute Gasteiger partial charge is 0.251 e. The number of sulfonamides is 1. The molecule has 138 valence electrons. The van der Waals surface area contributed by atoms with Crippen molar-refractivity contribution in [2.75, 3.05) is 18.4 Å². The topological polar surface area (TPSA) is 88.5 Å². The average molecular weight is 379 g/mol.